The molecule has 42 heavy (non-hydrogen) atoms. The molecule has 0 aliphatic heterocycles. The maximum Gasteiger partial charge on any atom is 0.319 e. The Morgan fingerprint density at radius 1 is 1.14 bits per heavy atom. The number of nitriles is 1. The van der Waals surface area contributed by atoms with E-state index in [4.69, 9.17) is 17.2 Å². The van der Waals surface area contributed by atoms with E-state index in [1.807, 2.05) is 0 Å². The molecule has 6 atom stereocenters. The Balaban J connectivity index is 2.01. The lowest BCUT2D eigenvalue weighted by Crippen LogP contribution is -2.85. The van der Waals surface area contributed by atoms with Crippen molar-refractivity contribution in [1.29, 1.82) is 5.26 Å². The van der Waals surface area contributed by atoms with Gasteiger partial charge >= 0.3 is 6.03 Å². The van der Waals surface area contributed by atoms with Gasteiger partial charge in [-0.15, -0.1) is 0 Å². The van der Waals surface area contributed by atoms with Crippen molar-refractivity contribution >= 4 is 46.4 Å². The average Bonchev–Trinajstić information content (AvgIpc) is 2.84. The number of benzene rings is 1. The molecule has 1 aromatic rings. The van der Waals surface area contributed by atoms with Crippen LogP contribution < -0.4 is 32.7 Å². The van der Waals surface area contributed by atoms with Gasteiger partial charge in [0.05, 0.1) is 28.9 Å². The van der Waals surface area contributed by atoms with Crippen LogP contribution in [-0.2, 0) is 25.6 Å². The number of likely N-dealkylation sites (N-methyl/N-ethyl adjacent to an activating group) is 1. The van der Waals surface area contributed by atoms with Crippen LogP contribution in [-0.4, -0.2) is 96.9 Å². The fraction of sp³-hybridized carbons (Fsp3) is 0.519. The first kappa shape index (κ1) is 30.6. The Hall–Kier alpha value is -4.39. The van der Waals surface area contributed by atoms with E-state index >= 15 is 0 Å². The third-order valence-electron chi connectivity index (χ3n) is 8.63. The molecule has 2 saturated carbocycles. The van der Waals surface area contributed by atoms with Crippen LogP contribution in [0.4, 0.5) is 16.2 Å². The molecule has 3 aliphatic carbocycles. The van der Waals surface area contributed by atoms with Crippen molar-refractivity contribution in [3.05, 3.63) is 17.2 Å². The number of anilines is 2. The fourth-order valence-electron chi connectivity index (χ4n) is 7.08. The van der Waals surface area contributed by atoms with Crippen LogP contribution in [0.2, 0.25) is 0 Å². The summed E-state index contributed by atoms with van der Waals surface area (Å²) in [4.78, 5) is 83.4. The van der Waals surface area contributed by atoms with Crippen LogP contribution in [0.15, 0.2) is 6.07 Å². The standard InChI is InChI=1S/C27H34N8O7/c1-6-32-24(42)33-12-7-13(34(2)3)11-8-25(30)9-27(31)20(35(4)5)19(38)15(23(29)41)21(39)26(27,10-28)22(40)16(25)18(37)14(11)17(12)36/h7,15-16,20,36H,6,8-9,30-31H2,1-5H3,(H2,29,41)(H2,32,33,42)/t15?,16?,20-,25-,26+,27-/m1/s1. The molecule has 2 unspecified atom stereocenters. The molecule has 0 bridgehead atoms. The zero-order valence-corrected chi connectivity index (χ0v) is 23.9. The number of hydrogen-bond acceptors (Lipinski definition) is 12. The number of nitrogens with one attached hydrogen (secondary N) is 2. The first-order valence-electron chi connectivity index (χ1n) is 13.2. The number of amides is 3. The fourth-order valence-corrected chi connectivity index (χ4v) is 7.08. The van der Waals surface area contributed by atoms with Gasteiger partial charge < -0.3 is 37.8 Å². The summed E-state index contributed by atoms with van der Waals surface area (Å²) in [6.45, 7) is 1.96. The SMILES string of the molecule is CCNC(=O)Nc1cc(N(C)C)c2c(c1O)C(=O)C1C(=O)[C@]3(C#N)C(=O)C(C(N)=O)C(=O)[C@@H](N(C)C)[C@]3(N)C[C@]1(N)C2. The largest absolute Gasteiger partial charge is 0.505 e. The monoisotopic (exact) mass is 582 g/mol. The smallest absolute Gasteiger partial charge is 0.319 e. The number of carbonyl (C=O) groups excluding carboxylic acids is 6. The number of hydrogen-bond donors (Lipinski definition) is 6. The first-order valence-corrected chi connectivity index (χ1v) is 13.2. The molecule has 0 spiro atoms. The van der Waals surface area contributed by atoms with E-state index < -0.39 is 81.6 Å². The predicted molar refractivity (Wildman–Crippen MR) is 148 cm³/mol. The lowest BCUT2D eigenvalue weighted by molar-refractivity contribution is -0.166. The van der Waals surface area contributed by atoms with Gasteiger partial charge in [0.15, 0.2) is 34.5 Å². The van der Waals surface area contributed by atoms with E-state index in [1.165, 1.54) is 25.1 Å². The molecule has 15 heteroatoms. The molecule has 3 amide bonds. The van der Waals surface area contributed by atoms with Crippen molar-refractivity contribution in [1.82, 2.24) is 10.2 Å². The molecule has 9 N–H and O–H groups in total. The summed E-state index contributed by atoms with van der Waals surface area (Å²) in [6, 6.07) is 0.949. The molecular formula is C27H34N8O7. The van der Waals surface area contributed by atoms with Crippen LogP contribution in [0, 0.1) is 28.6 Å². The topological polar surface area (TPSA) is 255 Å². The second-order valence-electron chi connectivity index (χ2n) is 11.6. The molecule has 0 radical (unpaired) electrons. The van der Waals surface area contributed by atoms with Crippen LogP contribution in [0.25, 0.3) is 0 Å². The zero-order chi connectivity index (χ0) is 31.7. The molecule has 2 fully saturated rings. The van der Waals surface area contributed by atoms with Gasteiger partial charge in [-0.2, -0.15) is 5.26 Å². The Kier molecular flexibility index (Phi) is 7.18. The van der Waals surface area contributed by atoms with E-state index in [-0.39, 0.29) is 29.8 Å². The second kappa shape index (κ2) is 9.86. The Bertz CT molecular complexity index is 1500. The number of urea groups is 1. The normalized spacial score (nSPS) is 31.9. The molecule has 0 saturated heterocycles. The average molecular weight is 583 g/mol. The number of primary amides is 1. The Morgan fingerprint density at radius 3 is 2.26 bits per heavy atom. The summed E-state index contributed by atoms with van der Waals surface area (Å²) in [5.74, 6) is -10.7. The number of nitrogens with zero attached hydrogens (tertiary/aromatic N) is 3. The van der Waals surface area contributed by atoms with Gasteiger partial charge in [-0.05, 0) is 45.5 Å². The van der Waals surface area contributed by atoms with E-state index in [1.54, 1.807) is 32.0 Å². The second-order valence-corrected chi connectivity index (χ2v) is 11.6. The maximum absolute atomic E-state index is 14.4. The molecule has 1 aromatic carbocycles. The van der Waals surface area contributed by atoms with Crippen LogP contribution in [0.3, 0.4) is 0 Å². The van der Waals surface area contributed by atoms with Crippen LogP contribution >= 0.6 is 0 Å². The predicted octanol–water partition coefficient (Wildman–Crippen LogP) is -1.98. The number of rotatable bonds is 5. The van der Waals surface area contributed by atoms with Gasteiger partial charge in [0, 0.05) is 31.9 Å². The lowest BCUT2D eigenvalue weighted by Gasteiger charge is -2.60. The van der Waals surface area contributed by atoms with E-state index in [9.17, 15) is 39.1 Å². The highest BCUT2D eigenvalue weighted by molar-refractivity contribution is 6.33. The number of aromatic hydroxyl groups is 1. The van der Waals surface area contributed by atoms with Crippen LogP contribution in [0.1, 0.15) is 29.3 Å². The van der Waals surface area contributed by atoms with Gasteiger partial charge in [-0.3, -0.25) is 28.9 Å². The highest BCUT2D eigenvalue weighted by atomic mass is 16.3. The highest BCUT2D eigenvalue weighted by Crippen LogP contribution is 2.57. The Labute approximate surface area is 241 Å². The summed E-state index contributed by atoms with van der Waals surface area (Å²) in [5.41, 5.74) is 12.3. The number of ketones is 4. The van der Waals surface area contributed by atoms with Crippen molar-refractivity contribution in [3.63, 3.8) is 0 Å². The highest BCUT2D eigenvalue weighted by Gasteiger charge is 2.78. The van der Waals surface area contributed by atoms with Gasteiger partial charge in [-0.25, -0.2) is 4.79 Å². The molecule has 3 aliphatic rings. The molecular weight excluding hydrogens is 548 g/mol. The minimum Gasteiger partial charge on any atom is -0.505 e. The lowest BCUT2D eigenvalue weighted by atomic mass is 9.42. The van der Waals surface area contributed by atoms with Crippen molar-refractivity contribution < 1.29 is 33.9 Å². The maximum atomic E-state index is 14.4. The van der Waals surface area contributed by atoms with Crippen LogP contribution in [0.5, 0.6) is 5.75 Å². The van der Waals surface area contributed by atoms with Gasteiger partial charge in [0.2, 0.25) is 5.91 Å². The van der Waals surface area contributed by atoms with E-state index in [0.717, 1.165) is 0 Å². The quantitative estimate of drug-likeness (QED) is 0.163. The number of nitrogens with two attached hydrogens (primary N) is 3. The van der Waals surface area contributed by atoms with Crippen molar-refractivity contribution in [3.8, 4) is 11.8 Å². The minimum absolute atomic E-state index is 0.131. The molecule has 224 valence electrons. The molecule has 15 nitrogen and oxygen atoms in total. The van der Waals surface area contributed by atoms with Gasteiger partial charge in [0.1, 0.15) is 11.7 Å². The molecule has 0 heterocycles. The summed E-state index contributed by atoms with van der Waals surface area (Å²) in [7, 11) is 6.17. The van der Waals surface area contributed by atoms with E-state index in [0.29, 0.717) is 5.69 Å². The number of phenolic OH excluding ortho intramolecular Hbond substituents is 1. The summed E-state index contributed by atoms with van der Waals surface area (Å²) < 4.78 is 0. The number of carbonyl (C=O) groups is 6. The first-order chi connectivity index (χ1) is 19.4. The minimum atomic E-state index is -2.84. The zero-order valence-electron chi connectivity index (χ0n) is 23.9. The number of phenols is 1. The molecule has 4 rings (SSSR count). The van der Waals surface area contributed by atoms with E-state index in [2.05, 4.69) is 10.6 Å². The number of Topliss-reactive ketones (excluding diaryl/α,β-unsaturated/α-hetero) is 4. The number of fused-ring (bicyclic) bond motifs is 3. The van der Waals surface area contributed by atoms with Crippen molar-refractivity contribution in [2.24, 2.45) is 34.5 Å². The Morgan fingerprint density at radius 2 is 1.76 bits per heavy atom. The van der Waals surface area contributed by atoms with Gasteiger partial charge in [0.25, 0.3) is 0 Å². The van der Waals surface area contributed by atoms with Crippen molar-refractivity contribution in [2.75, 3.05) is 45.0 Å². The third kappa shape index (κ3) is 3.82. The van der Waals surface area contributed by atoms with Gasteiger partial charge in [-0.1, -0.05) is 0 Å². The summed E-state index contributed by atoms with van der Waals surface area (Å²) >= 11 is 0. The summed E-state index contributed by atoms with van der Waals surface area (Å²) in [5, 5.41) is 26.7. The van der Waals surface area contributed by atoms with Crippen molar-refractivity contribution in [2.45, 2.75) is 36.9 Å². The molecule has 0 aromatic heterocycles. The summed E-state index contributed by atoms with van der Waals surface area (Å²) in [6.07, 6.45) is -0.747. The third-order valence-corrected chi connectivity index (χ3v) is 8.63.